The van der Waals surface area contributed by atoms with E-state index in [1.54, 1.807) is 6.92 Å². The summed E-state index contributed by atoms with van der Waals surface area (Å²) in [5.74, 6) is 0. The van der Waals surface area contributed by atoms with E-state index in [-0.39, 0.29) is 5.30 Å². The van der Waals surface area contributed by atoms with Crippen LogP contribution in [0.4, 0.5) is 4.79 Å². The van der Waals surface area contributed by atoms with E-state index in [1.165, 1.54) is 0 Å². The predicted molar refractivity (Wildman–Crippen MR) is 63.8 cm³/mol. The summed E-state index contributed by atoms with van der Waals surface area (Å²) in [5.41, 5.74) is 0. The average molecular weight is 236 g/mol. The Hall–Kier alpha value is -0.330. The number of nitrogens with zero attached hydrogens (tertiary/aromatic N) is 1. The fourth-order valence-electron chi connectivity index (χ4n) is 0.641. The molecule has 0 heterocycles. The van der Waals surface area contributed by atoms with Crippen LogP contribution in [0.25, 0.3) is 0 Å². The maximum atomic E-state index is 11.0. The maximum Gasteiger partial charge on any atom is 0.374 e. The summed E-state index contributed by atoms with van der Waals surface area (Å²) < 4.78 is 5.19. The number of hydrogen-bond donors (Lipinski definition) is 1. The van der Waals surface area contributed by atoms with E-state index >= 15 is 0 Å². The van der Waals surface area contributed by atoms with Crippen LogP contribution in [0, 0.1) is 0 Å². The van der Waals surface area contributed by atoms with E-state index in [2.05, 4.69) is 5.32 Å². The van der Waals surface area contributed by atoms with Crippen molar-refractivity contribution in [3.05, 3.63) is 0 Å². The maximum absolute atomic E-state index is 11.0. The zero-order valence-electron chi connectivity index (χ0n) is 8.70. The Kier molecular flexibility index (Phi) is 7.83. The molecule has 0 aromatic heterocycles. The summed E-state index contributed by atoms with van der Waals surface area (Å²) >= 11 is 5.85. The second kappa shape index (κ2) is 8.02. The SMILES string of the molecule is CCOC(=O)SC(=S)NCCN(C)C. The fourth-order valence-corrected chi connectivity index (χ4v) is 1.45. The van der Waals surface area contributed by atoms with Crippen LogP contribution < -0.4 is 5.32 Å². The third-order valence-electron chi connectivity index (χ3n) is 1.27. The molecule has 0 unspecified atom stereocenters. The Labute approximate surface area is 94.4 Å². The Morgan fingerprint density at radius 1 is 1.57 bits per heavy atom. The van der Waals surface area contributed by atoms with Crippen molar-refractivity contribution in [1.29, 1.82) is 0 Å². The number of rotatable bonds is 4. The van der Waals surface area contributed by atoms with E-state index in [0.717, 1.165) is 24.9 Å². The largest absolute Gasteiger partial charge is 0.458 e. The van der Waals surface area contributed by atoms with Gasteiger partial charge in [0, 0.05) is 24.9 Å². The molecule has 4 nitrogen and oxygen atoms in total. The lowest BCUT2D eigenvalue weighted by molar-refractivity contribution is 0.182. The highest BCUT2D eigenvalue weighted by atomic mass is 32.2. The monoisotopic (exact) mass is 236 g/mol. The first kappa shape index (κ1) is 13.7. The van der Waals surface area contributed by atoms with Gasteiger partial charge in [-0.1, -0.05) is 12.2 Å². The van der Waals surface area contributed by atoms with Crippen LogP contribution in [0.2, 0.25) is 0 Å². The van der Waals surface area contributed by atoms with Gasteiger partial charge in [0.15, 0.2) is 0 Å². The number of hydrogen-bond acceptors (Lipinski definition) is 5. The highest BCUT2D eigenvalue weighted by Gasteiger charge is 2.06. The first-order chi connectivity index (χ1) is 6.56. The van der Waals surface area contributed by atoms with E-state index < -0.39 is 0 Å². The standard InChI is InChI=1S/C8H16N2O2S2/c1-4-12-8(11)14-7(13)9-5-6-10(2)3/h4-6H2,1-3H3,(H,9,13). The van der Waals surface area contributed by atoms with Crippen molar-refractivity contribution in [2.45, 2.75) is 6.92 Å². The van der Waals surface area contributed by atoms with Crippen LogP contribution in [0.15, 0.2) is 0 Å². The zero-order chi connectivity index (χ0) is 11.0. The molecule has 0 radical (unpaired) electrons. The van der Waals surface area contributed by atoms with E-state index in [0.29, 0.717) is 10.9 Å². The van der Waals surface area contributed by atoms with Crippen LogP contribution in [0.5, 0.6) is 0 Å². The van der Waals surface area contributed by atoms with Crippen molar-refractivity contribution in [2.24, 2.45) is 0 Å². The molecule has 82 valence electrons. The fraction of sp³-hybridized carbons (Fsp3) is 0.750. The van der Waals surface area contributed by atoms with Crippen LogP contribution in [-0.4, -0.2) is 48.3 Å². The molecule has 0 aliphatic carbocycles. The van der Waals surface area contributed by atoms with Crippen LogP contribution in [0.1, 0.15) is 6.92 Å². The number of ether oxygens (including phenoxy) is 1. The zero-order valence-corrected chi connectivity index (χ0v) is 10.3. The minimum atomic E-state index is -0.352. The second-order valence-corrected chi connectivity index (χ2v) is 4.41. The topological polar surface area (TPSA) is 41.6 Å². The first-order valence-corrected chi connectivity index (χ1v) is 5.56. The van der Waals surface area contributed by atoms with Crippen molar-refractivity contribution in [2.75, 3.05) is 33.8 Å². The number of thiocarbonyl (C=S) groups is 1. The van der Waals surface area contributed by atoms with Crippen molar-refractivity contribution in [1.82, 2.24) is 10.2 Å². The summed E-state index contributed by atoms with van der Waals surface area (Å²) in [6.07, 6.45) is 0. The number of thioether (sulfide) groups is 1. The lowest BCUT2D eigenvalue weighted by atomic mass is 10.6. The van der Waals surface area contributed by atoms with Gasteiger partial charge in [0.05, 0.1) is 6.61 Å². The van der Waals surface area contributed by atoms with E-state index in [1.807, 2.05) is 19.0 Å². The van der Waals surface area contributed by atoms with Crippen LogP contribution in [-0.2, 0) is 4.74 Å². The molecule has 0 saturated carbocycles. The Balaban J connectivity index is 3.50. The van der Waals surface area contributed by atoms with Crippen molar-refractivity contribution >= 4 is 33.6 Å². The summed E-state index contributed by atoms with van der Waals surface area (Å²) in [7, 11) is 3.95. The first-order valence-electron chi connectivity index (χ1n) is 4.33. The molecule has 0 spiro atoms. The second-order valence-electron chi connectivity index (χ2n) is 2.80. The summed E-state index contributed by atoms with van der Waals surface area (Å²) in [6, 6.07) is 0. The van der Waals surface area contributed by atoms with E-state index in [4.69, 9.17) is 17.0 Å². The molecule has 0 aliphatic heterocycles. The highest BCUT2D eigenvalue weighted by molar-refractivity contribution is 8.32. The molecule has 0 atom stereocenters. The summed E-state index contributed by atoms with van der Waals surface area (Å²) in [4.78, 5) is 13.0. The molecular weight excluding hydrogens is 220 g/mol. The molecule has 6 heteroatoms. The molecule has 0 saturated heterocycles. The van der Waals surface area contributed by atoms with Gasteiger partial charge in [-0.15, -0.1) is 0 Å². The normalized spacial score (nSPS) is 10.0. The molecule has 14 heavy (non-hydrogen) atoms. The van der Waals surface area contributed by atoms with E-state index in [9.17, 15) is 4.79 Å². The smallest absolute Gasteiger partial charge is 0.374 e. The van der Waals surface area contributed by atoms with Gasteiger partial charge in [-0.05, 0) is 21.0 Å². The molecule has 0 bridgehead atoms. The number of nitrogens with one attached hydrogen (secondary N) is 1. The van der Waals surface area contributed by atoms with Gasteiger partial charge in [0.1, 0.15) is 4.32 Å². The summed E-state index contributed by atoms with van der Waals surface area (Å²) in [5, 5.41) is 2.60. The molecule has 0 amide bonds. The number of likely N-dealkylation sites (N-methyl/N-ethyl adjacent to an activating group) is 1. The summed E-state index contributed by atoms with van der Waals surface area (Å²) in [6.45, 7) is 3.76. The van der Waals surface area contributed by atoms with Crippen molar-refractivity contribution in [3.8, 4) is 0 Å². The van der Waals surface area contributed by atoms with Gasteiger partial charge in [-0.25, -0.2) is 4.79 Å². The van der Waals surface area contributed by atoms with Crippen molar-refractivity contribution in [3.63, 3.8) is 0 Å². The Morgan fingerprint density at radius 2 is 2.21 bits per heavy atom. The molecule has 0 aromatic rings. The molecule has 0 fully saturated rings. The van der Waals surface area contributed by atoms with Gasteiger partial charge in [-0.2, -0.15) is 0 Å². The van der Waals surface area contributed by atoms with Gasteiger partial charge < -0.3 is 15.0 Å². The lowest BCUT2D eigenvalue weighted by Crippen LogP contribution is -2.29. The van der Waals surface area contributed by atoms with Gasteiger partial charge >= 0.3 is 5.30 Å². The molecule has 0 rings (SSSR count). The van der Waals surface area contributed by atoms with Crippen LogP contribution in [0.3, 0.4) is 0 Å². The third kappa shape index (κ3) is 8.28. The molecule has 0 aromatic carbocycles. The third-order valence-corrected chi connectivity index (χ3v) is 2.28. The predicted octanol–water partition coefficient (Wildman–Crippen LogP) is 1.31. The highest BCUT2D eigenvalue weighted by Crippen LogP contribution is 2.05. The number of carbonyl (C=O) groups is 1. The van der Waals surface area contributed by atoms with Gasteiger partial charge in [-0.3, -0.25) is 0 Å². The molecular formula is C8H16N2O2S2. The molecule has 1 N–H and O–H groups in total. The molecule has 0 aliphatic rings. The quantitative estimate of drug-likeness (QED) is 0.586. The minimum absolute atomic E-state index is 0.352. The lowest BCUT2D eigenvalue weighted by Gasteiger charge is -2.10. The van der Waals surface area contributed by atoms with Crippen LogP contribution >= 0.6 is 24.0 Å². The number of carbonyl (C=O) groups excluding carboxylic acids is 1. The van der Waals surface area contributed by atoms with Crippen molar-refractivity contribution < 1.29 is 9.53 Å². The van der Waals surface area contributed by atoms with Gasteiger partial charge in [0.2, 0.25) is 0 Å². The minimum Gasteiger partial charge on any atom is -0.458 e. The van der Waals surface area contributed by atoms with Gasteiger partial charge in [0.25, 0.3) is 0 Å². The Morgan fingerprint density at radius 3 is 2.71 bits per heavy atom. The average Bonchev–Trinajstić information content (AvgIpc) is 2.03. The Bertz CT molecular complexity index is 198.